The van der Waals surface area contributed by atoms with Gasteiger partial charge in [0, 0.05) is 11.8 Å². The van der Waals surface area contributed by atoms with Crippen molar-refractivity contribution in [3.05, 3.63) is 0 Å². The predicted octanol–water partition coefficient (Wildman–Crippen LogP) is 9.26. The number of amides is 2. The second-order valence-electron chi connectivity index (χ2n) is 13.5. The summed E-state index contributed by atoms with van der Waals surface area (Å²) in [5.41, 5.74) is 11.4. The fraction of sp³-hybridized carbons (Fsp3) is 0.946. The second-order valence-corrected chi connectivity index (χ2v) is 13.5. The lowest BCUT2D eigenvalue weighted by Gasteiger charge is -2.19. The van der Waals surface area contributed by atoms with Gasteiger partial charge >= 0.3 is 0 Å². The summed E-state index contributed by atoms with van der Waals surface area (Å²) in [6.07, 6.45) is 31.1. The molecule has 0 heterocycles. The van der Waals surface area contributed by atoms with Crippen molar-refractivity contribution < 1.29 is 19.8 Å². The van der Waals surface area contributed by atoms with Crippen molar-refractivity contribution >= 4 is 11.8 Å². The lowest BCUT2D eigenvalue weighted by atomic mass is 9.86. The predicted molar refractivity (Wildman–Crippen MR) is 183 cm³/mol. The molecule has 43 heavy (non-hydrogen) atoms. The van der Waals surface area contributed by atoms with Crippen LogP contribution in [0.3, 0.4) is 0 Å². The smallest absolute Gasteiger partial charge is 0.220 e. The van der Waals surface area contributed by atoms with Gasteiger partial charge in [-0.3, -0.25) is 9.59 Å². The SMILES string of the molecule is CCCCCCC(O)CCCCCCCCCC(CC(CCCCCCCCCC(O)CCCCCC)C(N)=O)C(N)=O. The van der Waals surface area contributed by atoms with Gasteiger partial charge in [0.1, 0.15) is 0 Å². The van der Waals surface area contributed by atoms with Crippen molar-refractivity contribution in [2.24, 2.45) is 23.3 Å². The van der Waals surface area contributed by atoms with Gasteiger partial charge in [0.2, 0.25) is 11.8 Å². The van der Waals surface area contributed by atoms with Gasteiger partial charge < -0.3 is 21.7 Å². The van der Waals surface area contributed by atoms with E-state index in [-0.39, 0.29) is 35.9 Å². The average Bonchev–Trinajstić information content (AvgIpc) is 2.97. The Morgan fingerprint density at radius 1 is 0.419 bits per heavy atom. The van der Waals surface area contributed by atoms with Crippen LogP contribution in [0.25, 0.3) is 0 Å². The van der Waals surface area contributed by atoms with E-state index in [2.05, 4.69) is 13.8 Å². The highest BCUT2D eigenvalue weighted by molar-refractivity contribution is 5.80. The molecule has 0 aliphatic carbocycles. The van der Waals surface area contributed by atoms with Crippen LogP contribution in [-0.4, -0.2) is 34.2 Å². The number of hydrogen-bond donors (Lipinski definition) is 4. The van der Waals surface area contributed by atoms with Gasteiger partial charge in [0.15, 0.2) is 0 Å². The van der Waals surface area contributed by atoms with Gasteiger partial charge in [-0.25, -0.2) is 0 Å². The van der Waals surface area contributed by atoms with Crippen LogP contribution in [-0.2, 0) is 9.59 Å². The minimum absolute atomic E-state index is 0.127. The summed E-state index contributed by atoms with van der Waals surface area (Å²) in [7, 11) is 0. The molecule has 4 unspecified atom stereocenters. The zero-order chi connectivity index (χ0) is 32.0. The molecule has 256 valence electrons. The molecule has 2 amide bonds. The maximum atomic E-state index is 12.1. The summed E-state index contributed by atoms with van der Waals surface area (Å²) < 4.78 is 0. The summed E-state index contributed by atoms with van der Waals surface area (Å²) in [5.74, 6) is -1.13. The van der Waals surface area contributed by atoms with Gasteiger partial charge in [-0.1, -0.05) is 155 Å². The molecular weight excluding hydrogens is 536 g/mol. The van der Waals surface area contributed by atoms with Crippen molar-refractivity contribution in [2.75, 3.05) is 0 Å². The number of hydrogen-bond acceptors (Lipinski definition) is 4. The van der Waals surface area contributed by atoms with E-state index in [4.69, 9.17) is 11.5 Å². The highest BCUT2D eigenvalue weighted by Gasteiger charge is 2.24. The number of primary amides is 2. The molecule has 0 bridgehead atoms. The fourth-order valence-corrected chi connectivity index (χ4v) is 6.31. The van der Waals surface area contributed by atoms with E-state index in [1.54, 1.807) is 0 Å². The van der Waals surface area contributed by atoms with Crippen LogP contribution in [0.15, 0.2) is 0 Å². The largest absolute Gasteiger partial charge is 0.393 e. The summed E-state index contributed by atoms with van der Waals surface area (Å²) in [6, 6.07) is 0. The van der Waals surface area contributed by atoms with E-state index in [1.165, 1.54) is 77.0 Å². The number of carbonyl (C=O) groups excluding carboxylic acids is 2. The van der Waals surface area contributed by atoms with E-state index in [0.717, 1.165) is 103 Å². The molecule has 0 fully saturated rings. The Kier molecular flexibility index (Phi) is 30.0. The summed E-state index contributed by atoms with van der Waals surface area (Å²) >= 11 is 0. The molecule has 6 nitrogen and oxygen atoms in total. The molecule has 0 spiro atoms. The van der Waals surface area contributed by atoms with E-state index in [9.17, 15) is 19.8 Å². The van der Waals surface area contributed by atoms with Crippen molar-refractivity contribution in [2.45, 2.75) is 212 Å². The van der Waals surface area contributed by atoms with Crippen LogP contribution in [0.2, 0.25) is 0 Å². The molecule has 0 aromatic heterocycles. The molecule has 6 N–H and O–H groups in total. The molecule has 0 aliphatic rings. The Morgan fingerprint density at radius 2 is 0.651 bits per heavy atom. The third-order valence-corrected chi connectivity index (χ3v) is 9.34. The van der Waals surface area contributed by atoms with Gasteiger partial charge in [-0.05, 0) is 44.9 Å². The van der Waals surface area contributed by atoms with Gasteiger partial charge in [-0.15, -0.1) is 0 Å². The number of aliphatic hydroxyl groups is 2. The zero-order valence-corrected chi connectivity index (χ0v) is 28.7. The number of carbonyl (C=O) groups is 2. The third-order valence-electron chi connectivity index (χ3n) is 9.34. The lowest BCUT2D eigenvalue weighted by molar-refractivity contribution is -0.125. The van der Waals surface area contributed by atoms with E-state index in [1.807, 2.05) is 0 Å². The first-order valence-electron chi connectivity index (χ1n) is 18.8. The summed E-state index contributed by atoms with van der Waals surface area (Å²) in [5, 5.41) is 20.2. The van der Waals surface area contributed by atoms with Crippen LogP contribution < -0.4 is 11.5 Å². The van der Waals surface area contributed by atoms with E-state index >= 15 is 0 Å². The quantitative estimate of drug-likeness (QED) is 0.0541. The van der Waals surface area contributed by atoms with Crippen LogP contribution in [0.5, 0.6) is 0 Å². The highest BCUT2D eigenvalue weighted by Crippen LogP contribution is 2.24. The molecule has 6 heteroatoms. The Labute approximate surface area is 266 Å². The Bertz CT molecular complexity index is 578. The number of unbranched alkanes of at least 4 members (excludes halogenated alkanes) is 18. The van der Waals surface area contributed by atoms with Crippen molar-refractivity contribution in [3.63, 3.8) is 0 Å². The van der Waals surface area contributed by atoms with Crippen LogP contribution >= 0.6 is 0 Å². The lowest BCUT2D eigenvalue weighted by Crippen LogP contribution is -2.31. The normalized spacial score (nSPS) is 14.4. The van der Waals surface area contributed by atoms with Gasteiger partial charge in [-0.2, -0.15) is 0 Å². The fourth-order valence-electron chi connectivity index (χ4n) is 6.31. The second kappa shape index (κ2) is 30.9. The number of rotatable bonds is 34. The summed E-state index contributed by atoms with van der Waals surface area (Å²) in [4.78, 5) is 24.2. The van der Waals surface area contributed by atoms with Crippen LogP contribution in [0.4, 0.5) is 0 Å². The third kappa shape index (κ3) is 28.1. The molecule has 4 atom stereocenters. The number of aliphatic hydroxyl groups excluding tert-OH is 2. The van der Waals surface area contributed by atoms with Crippen molar-refractivity contribution in [1.29, 1.82) is 0 Å². The van der Waals surface area contributed by atoms with E-state index < -0.39 is 0 Å². The monoisotopic (exact) mass is 611 g/mol. The Morgan fingerprint density at radius 3 is 0.907 bits per heavy atom. The maximum absolute atomic E-state index is 12.1. The topological polar surface area (TPSA) is 127 Å². The van der Waals surface area contributed by atoms with Crippen molar-refractivity contribution in [1.82, 2.24) is 0 Å². The molecule has 0 saturated heterocycles. The molecular formula is C37H74N2O4. The highest BCUT2D eigenvalue weighted by atomic mass is 16.3. The minimum atomic E-state index is -0.300. The molecule has 0 aromatic rings. The Balaban J connectivity index is 3.89. The van der Waals surface area contributed by atoms with E-state index in [0.29, 0.717) is 6.42 Å². The minimum Gasteiger partial charge on any atom is -0.393 e. The zero-order valence-electron chi connectivity index (χ0n) is 28.7. The van der Waals surface area contributed by atoms with Gasteiger partial charge in [0.25, 0.3) is 0 Å². The van der Waals surface area contributed by atoms with Crippen LogP contribution in [0.1, 0.15) is 200 Å². The Hall–Kier alpha value is -1.14. The first-order chi connectivity index (χ1) is 20.8. The average molecular weight is 611 g/mol. The van der Waals surface area contributed by atoms with Crippen molar-refractivity contribution in [3.8, 4) is 0 Å². The summed E-state index contributed by atoms with van der Waals surface area (Å²) in [6.45, 7) is 4.42. The molecule has 0 aliphatic heterocycles. The molecule has 0 aromatic carbocycles. The first-order valence-corrected chi connectivity index (χ1v) is 18.8. The van der Waals surface area contributed by atoms with Crippen LogP contribution in [0, 0.1) is 11.8 Å². The van der Waals surface area contributed by atoms with Gasteiger partial charge in [0.05, 0.1) is 12.2 Å². The number of nitrogens with two attached hydrogens (primary N) is 2. The molecule has 0 saturated carbocycles. The molecule has 0 radical (unpaired) electrons. The maximum Gasteiger partial charge on any atom is 0.220 e. The standard InChI is InChI=1S/C37H74N2O4/c1-3-5-7-21-27-34(40)29-23-17-13-9-11-15-19-25-32(36(38)42)31-33(37(39)43)26-20-16-12-10-14-18-24-30-35(41)28-22-8-6-4-2/h32-35,40-41H,3-31H2,1-2H3,(H2,38,42)(H2,39,43). The first kappa shape index (κ1) is 41.9. The molecule has 0 rings (SSSR count).